The van der Waals surface area contributed by atoms with Crippen LogP contribution >= 0.6 is 0 Å². The Bertz CT molecular complexity index is 206. The third-order valence-electron chi connectivity index (χ3n) is 3.50. The van der Waals surface area contributed by atoms with E-state index in [-0.39, 0.29) is 11.9 Å². The molecule has 1 aliphatic rings. The molecule has 1 heterocycles. The lowest BCUT2D eigenvalue weighted by Gasteiger charge is -2.25. The first kappa shape index (κ1) is 12.5. The molecule has 1 rings (SSSR count). The molecule has 0 saturated carbocycles. The van der Waals surface area contributed by atoms with Crippen LogP contribution in [0.4, 0.5) is 0 Å². The van der Waals surface area contributed by atoms with Crippen LogP contribution in [0.15, 0.2) is 0 Å². The fourth-order valence-electron chi connectivity index (χ4n) is 1.93. The highest BCUT2D eigenvalue weighted by Crippen LogP contribution is 2.11. The molecule has 15 heavy (non-hydrogen) atoms. The van der Waals surface area contributed by atoms with Gasteiger partial charge in [-0.3, -0.25) is 4.79 Å². The maximum atomic E-state index is 11.7. The van der Waals surface area contributed by atoms with E-state index >= 15 is 0 Å². The van der Waals surface area contributed by atoms with E-state index in [1.165, 1.54) is 0 Å². The highest BCUT2D eigenvalue weighted by Gasteiger charge is 2.23. The van der Waals surface area contributed by atoms with Crippen LogP contribution in [0.2, 0.25) is 0 Å². The second kappa shape index (κ2) is 6.11. The van der Waals surface area contributed by atoms with Crippen molar-refractivity contribution in [1.82, 2.24) is 10.6 Å². The Morgan fingerprint density at radius 3 is 2.87 bits per heavy atom. The molecule has 0 aliphatic carbocycles. The van der Waals surface area contributed by atoms with Gasteiger partial charge in [0.05, 0.1) is 6.04 Å². The van der Waals surface area contributed by atoms with Crippen molar-refractivity contribution in [2.24, 2.45) is 5.92 Å². The van der Waals surface area contributed by atoms with Crippen LogP contribution < -0.4 is 10.6 Å². The Labute approximate surface area is 93.0 Å². The van der Waals surface area contributed by atoms with Crippen molar-refractivity contribution in [3.63, 3.8) is 0 Å². The molecule has 0 aromatic heterocycles. The quantitative estimate of drug-likeness (QED) is 0.744. The van der Waals surface area contributed by atoms with Gasteiger partial charge in [0.15, 0.2) is 0 Å². The molecule has 3 nitrogen and oxygen atoms in total. The van der Waals surface area contributed by atoms with Crippen molar-refractivity contribution in [2.45, 2.75) is 58.5 Å². The highest BCUT2D eigenvalue weighted by molar-refractivity contribution is 5.81. The minimum atomic E-state index is 0.0245. The lowest BCUT2D eigenvalue weighted by atomic mass is 9.99. The van der Waals surface area contributed by atoms with Crippen molar-refractivity contribution < 1.29 is 4.79 Å². The molecular weight excluding hydrogens is 188 g/mol. The van der Waals surface area contributed by atoms with Gasteiger partial charge < -0.3 is 10.6 Å². The summed E-state index contributed by atoms with van der Waals surface area (Å²) in [5.74, 6) is 0.809. The Morgan fingerprint density at radius 1 is 1.47 bits per heavy atom. The maximum Gasteiger partial charge on any atom is 0.237 e. The lowest BCUT2D eigenvalue weighted by molar-refractivity contribution is -0.123. The van der Waals surface area contributed by atoms with Crippen LogP contribution in [0, 0.1) is 5.92 Å². The zero-order valence-corrected chi connectivity index (χ0v) is 10.2. The van der Waals surface area contributed by atoms with Gasteiger partial charge in [-0.25, -0.2) is 0 Å². The summed E-state index contributed by atoms with van der Waals surface area (Å²) in [6.07, 6.45) is 4.39. The number of carbonyl (C=O) groups is 1. The van der Waals surface area contributed by atoms with E-state index in [4.69, 9.17) is 0 Å². The zero-order valence-electron chi connectivity index (χ0n) is 10.2. The Morgan fingerprint density at radius 2 is 2.20 bits per heavy atom. The third-order valence-corrected chi connectivity index (χ3v) is 3.50. The smallest absolute Gasteiger partial charge is 0.237 e. The van der Waals surface area contributed by atoms with E-state index in [0.29, 0.717) is 12.0 Å². The molecule has 0 aromatic carbocycles. The summed E-state index contributed by atoms with van der Waals surface area (Å²) in [5.41, 5.74) is 0. The van der Waals surface area contributed by atoms with Crippen molar-refractivity contribution in [1.29, 1.82) is 0 Å². The summed E-state index contributed by atoms with van der Waals surface area (Å²) >= 11 is 0. The zero-order chi connectivity index (χ0) is 11.3. The molecule has 3 atom stereocenters. The Kier molecular flexibility index (Phi) is 5.09. The van der Waals surface area contributed by atoms with Crippen molar-refractivity contribution in [3.05, 3.63) is 0 Å². The topological polar surface area (TPSA) is 41.1 Å². The summed E-state index contributed by atoms with van der Waals surface area (Å²) in [7, 11) is 0. The largest absolute Gasteiger partial charge is 0.355 e. The monoisotopic (exact) mass is 212 g/mol. The molecule has 0 bridgehead atoms. The van der Waals surface area contributed by atoms with Gasteiger partial charge in [0.1, 0.15) is 0 Å². The summed E-state index contributed by atoms with van der Waals surface area (Å²) in [4.78, 5) is 11.7. The van der Waals surface area contributed by atoms with E-state index in [9.17, 15) is 4.79 Å². The predicted octanol–water partition coefficient (Wildman–Crippen LogP) is 1.68. The van der Waals surface area contributed by atoms with Gasteiger partial charge in [-0.1, -0.05) is 20.3 Å². The van der Waals surface area contributed by atoms with Gasteiger partial charge in [-0.2, -0.15) is 0 Å². The highest BCUT2D eigenvalue weighted by atomic mass is 16.2. The van der Waals surface area contributed by atoms with E-state index in [2.05, 4.69) is 31.4 Å². The van der Waals surface area contributed by atoms with E-state index < -0.39 is 0 Å². The van der Waals surface area contributed by atoms with Crippen LogP contribution in [0.5, 0.6) is 0 Å². The molecule has 3 heteroatoms. The maximum absolute atomic E-state index is 11.7. The summed E-state index contributed by atoms with van der Waals surface area (Å²) < 4.78 is 0. The molecule has 88 valence electrons. The van der Waals surface area contributed by atoms with Crippen molar-refractivity contribution in [2.75, 3.05) is 6.54 Å². The average molecular weight is 212 g/mol. The second-order valence-corrected chi connectivity index (χ2v) is 4.68. The van der Waals surface area contributed by atoms with Gasteiger partial charge in [-0.15, -0.1) is 0 Å². The normalized spacial score (nSPS) is 26.6. The van der Waals surface area contributed by atoms with Gasteiger partial charge >= 0.3 is 0 Å². The third kappa shape index (κ3) is 3.82. The summed E-state index contributed by atoms with van der Waals surface area (Å²) in [6.45, 7) is 7.43. The number of amides is 1. The molecule has 1 amide bonds. The minimum Gasteiger partial charge on any atom is -0.355 e. The van der Waals surface area contributed by atoms with Gasteiger partial charge in [0, 0.05) is 12.6 Å². The molecule has 2 N–H and O–H groups in total. The fraction of sp³-hybridized carbons (Fsp3) is 0.917. The van der Waals surface area contributed by atoms with Crippen LogP contribution in [-0.2, 0) is 4.79 Å². The van der Waals surface area contributed by atoms with E-state index in [1.54, 1.807) is 0 Å². The van der Waals surface area contributed by atoms with Gasteiger partial charge in [-0.05, 0) is 32.1 Å². The first-order chi connectivity index (χ1) is 7.15. The van der Waals surface area contributed by atoms with E-state index in [0.717, 1.165) is 32.2 Å². The number of hydrogen-bond donors (Lipinski definition) is 2. The number of nitrogens with one attached hydrogen (secondary N) is 2. The lowest BCUT2D eigenvalue weighted by Crippen LogP contribution is -2.48. The van der Waals surface area contributed by atoms with Crippen LogP contribution in [0.3, 0.4) is 0 Å². The Balaban J connectivity index is 2.44. The van der Waals surface area contributed by atoms with Crippen molar-refractivity contribution >= 4 is 5.91 Å². The fourth-order valence-corrected chi connectivity index (χ4v) is 1.93. The van der Waals surface area contributed by atoms with Crippen molar-refractivity contribution in [3.8, 4) is 0 Å². The number of rotatable bonds is 4. The molecular formula is C12H24N2O. The molecule has 0 aromatic rings. The molecule has 0 spiro atoms. The minimum absolute atomic E-state index is 0.0245. The summed E-state index contributed by atoms with van der Waals surface area (Å²) in [6, 6.07) is 0.445. The second-order valence-electron chi connectivity index (χ2n) is 4.68. The number of hydrogen-bond acceptors (Lipinski definition) is 2. The number of carbonyl (C=O) groups excluding carboxylic acids is 1. The molecule has 1 saturated heterocycles. The Hall–Kier alpha value is -0.570. The molecule has 0 radical (unpaired) electrons. The molecule has 3 unspecified atom stereocenters. The predicted molar refractivity (Wildman–Crippen MR) is 62.7 cm³/mol. The van der Waals surface area contributed by atoms with Crippen LogP contribution in [0.25, 0.3) is 0 Å². The van der Waals surface area contributed by atoms with E-state index in [1.807, 2.05) is 0 Å². The standard InChI is InChI=1S/C12H24N2O/c1-4-9(2)10(3)14-11-7-5-6-8-13-12(11)15/h9-11,14H,4-8H2,1-3H3,(H,13,15). The molecule has 1 fully saturated rings. The van der Waals surface area contributed by atoms with Crippen LogP contribution in [-0.4, -0.2) is 24.5 Å². The van der Waals surface area contributed by atoms with Crippen LogP contribution in [0.1, 0.15) is 46.5 Å². The van der Waals surface area contributed by atoms with Gasteiger partial charge in [0.25, 0.3) is 0 Å². The molecule has 1 aliphatic heterocycles. The SMILES string of the molecule is CCC(C)C(C)NC1CCCCNC1=O. The van der Waals surface area contributed by atoms with Gasteiger partial charge in [0.2, 0.25) is 5.91 Å². The average Bonchev–Trinajstić information content (AvgIpc) is 2.43. The summed E-state index contributed by atoms with van der Waals surface area (Å²) in [5, 5.41) is 6.40. The first-order valence-corrected chi connectivity index (χ1v) is 6.19. The first-order valence-electron chi connectivity index (χ1n) is 6.19.